The van der Waals surface area contributed by atoms with Crippen LogP contribution in [0.3, 0.4) is 0 Å². The van der Waals surface area contributed by atoms with Gasteiger partial charge in [0.05, 0.1) is 5.56 Å². The van der Waals surface area contributed by atoms with Gasteiger partial charge in [-0.15, -0.1) is 5.10 Å². The number of alkyl halides is 3. The van der Waals surface area contributed by atoms with Crippen molar-refractivity contribution in [2.75, 3.05) is 23.3 Å². The standard InChI is InChI=1S/C20H21F3N6O2/c21-20(22,23)14-6-5-7-15(12-14)25-16(30)13-29-19(31)28-11-8-24-17(18(28)26-29)27-9-3-1-2-4-10-27/h5-8,11-12H,1-4,9-10,13H2,(H,25,30). The van der Waals surface area contributed by atoms with E-state index in [4.69, 9.17) is 0 Å². The largest absolute Gasteiger partial charge is 0.416 e. The minimum Gasteiger partial charge on any atom is -0.353 e. The predicted molar refractivity (Wildman–Crippen MR) is 108 cm³/mol. The zero-order chi connectivity index (χ0) is 22.0. The molecule has 1 amide bonds. The van der Waals surface area contributed by atoms with E-state index < -0.39 is 29.9 Å². The topological polar surface area (TPSA) is 84.5 Å². The molecule has 0 bridgehead atoms. The summed E-state index contributed by atoms with van der Waals surface area (Å²) in [6, 6.07) is 4.31. The molecular formula is C20H21F3N6O2. The van der Waals surface area contributed by atoms with Crippen molar-refractivity contribution < 1.29 is 18.0 Å². The number of fused-ring (bicyclic) bond motifs is 1. The molecular weight excluding hydrogens is 413 g/mol. The maximum atomic E-state index is 12.9. The molecule has 1 aliphatic rings. The number of halogens is 3. The lowest BCUT2D eigenvalue weighted by atomic mass is 10.2. The van der Waals surface area contributed by atoms with Crippen LogP contribution < -0.4 is 15.9 Å². The van der Waals surface area contributed by atoms with Gasteiger partial charge in [-0.1, -0.05) is 18.9 Å². The molecule has 0 unspecified atom stereocenters. The zero-order valence-corrected chi connectivity index (χ0v) is 16.6. The van der Waals surface area contributed by atoms with Crippen molar-refractivity contribution in [3.05, 3.63) is 52.7 Å². The van der Waals surface area contributed by atoms with Crippen LogP contribution in [0.25, 0.3) is 5.65 Å². The quantitative estimate of drug-likeness (QED) is 0.683. The molecule has 0 spiro atoms. The van der Waals surface area contributed by atoms with Gasteiger partial charge in [0.1, 0.15) is 6.54 Å². The van der Waals surface area contributed by atoms with Crippen LogP contribution in [0.1, 0.15) is 31.2 Å². The average molecular weight is 434 g/mol. The summed E-state index contributed by atoms with van der Waals surface area (Å²) >= 11 is 0. The molecule has 0 saturated carbocycles. The predicted octanol–water partition coefficient (Wildman–Crippen LogP) is 2.93. The molecule has 0 radical (unpaired) electrons. The van der Waals surface area contributed by atoms with Crippen LogP contribution in [0.5, 0.6) is 0 Å². The summed E-state index contributed by atoms with van der Waals surface area (Å²) in [5.74, 6) is -0.0763. The Labute approximate surface area is 175 Å². The van der Waals surface area contributed by atoms with Gasteiger partial charge in [0.15, 0.2) is 5.82 Å². The molecule has 2 aromatic heterocycles. The van der Waals surface area contributed by atoms with Crippen LogP contribution >= 0.6 is 0 Å². The Morgan fingerprint density at radius 2 is 1.87 bits per heavy atom. The van der Waals surface area contributed by atoms with Gasteiger partial charge in [-0.05, 0) is 31.0 Å². The van der Waals surface area contributed by atoms with Crippen LogP contribution in [0.2, 0.25) is 0 Å². The molecule has 1 aromatic carbocycles. The van der Waals surface area contributed by atoms with E-state index in [0.717, 1.165) is 55.6 Å². The molecule has 1 saturated heterocycles. The summed E-state index contributed by atoms with van der Waals surface area (Å²) in [7, 11) is 0. The van der Waals surface area contributed by atoms with Gasteiger partial charge in [0.2, 0.25) is 11.6 Å². The maximum Gasteiger partial charge on any atom is 0.416 e. The number of amides is 1. The molecule has 11 heteroatoms. The number of carbonyl (C=O) groups excluding carboxylic acids is 1. The molecule has 164 valence electrons. The summed E-state index contributed by atoms with van der Waals surface area (Å²) in [5.41, 5.74) is -1.05. The lowest BCUT2D eigenvalue weighted by Gasteiger charge is -2.20. The lowest BCUT2D eigenvalue weighted by molar-refractivity contribution is -0.137. The van der Waals surface area contributed by atoms with E-state index in [9.17, 15) is 22.8 Å². The third-order valence-electron chi connectivity index (χ3n) is 5.16. The number of rotatable bonds is 4. The highest BCUT2D eigenvalue weighted by Gasteiger charge is 2.30. The fourth-order valence-corrected chi connectivity index (χ4v) is 3.65. The molecule has 4 rings (SSSR count). The van der Waals surface area contributed by atoms with Gasteiger partial charge >= 0.3 is 11.9 Å². The van der Waals surface area contributed by atoms with E-state index >= 15 is 0 Å². The van der Waals surface area contributed by atoms with Crippen molar-refractivity contribution in [1.82, 2.24) is 19.2 Å². The first-order valence-electron chi connectivity index (χ1n) is 9.99. The van der Waals surface area contributed by atoms with Gasteiger partial charge in [-0.25, -0.2) is 18.9 Å². The summed E-state index contributed by atoms with van der Waals surface area (Å²) < 4.78 is 40.9. The van der Waals surface area contributed by atoms with Crippen LogP contribution in [0.4, 0.5) is 24.7 Å². The molecule has 0 atom stereocenters. The monoisotopic (exact) mass is 434 g/mol. The fourth-order valence-electron chi connectivity index (χ4n) is 3.65. The first kappa shape index (κ1) is 20.9. The number of benzene rings is 1. The van der Waals surface area contributed by atoms with Crippen molar-refractivity contribution in [2.24, 2.45) is 0 Å². The highest BCUT2D eigenvalue weighted by Crippen LogP contribution is 2.30. The Bertz CT molecular complexity index is 1150. The molecule has 31 heavy (non-hydrogen) atoms. The molecule has 1 aliphatic heterocycles. The number of carbonyl (C=O) groups is 1. The molecule has 8 nitrogen and oxygen atoms in total. The van der Waals surface area contributed by atoms with Gasteiger partial charge in [-0.3, -0.25) is 4.79 Å². The van der Waals surface area contributed by atoms with E-state index in [2.05, 4.69) is 20.3 Å². The Morgan fingerprint density at radius 3 is 2.58 bits per heavy atom. The second-order valence-corrected chi connectivity index (χ2v) is 7.41. The Balaban J connectivity index is 1.56. The summed E-state index contributed by atoms with van der Waals surface area (Å²) in [6.07, 6.45) is 2.79. The number of hydrogen-bond donors (Lipinski definition) is 1. The number of nitrogens with zero attached hydrogens (tertiary/aromatic N) is 5. The van der Waals surface area contributed by atoms with E-state index in [0.29, 0.717) is 11.5 Å². The average Bonchev–Trinajstić information content (AvgIpc) is 2.90. The summed E-state index contributed by atoms with van der Waals surface area (Å²) in [6.45, 7) is 1.18. The van der Waals surface area contributed by atoms with E-state index in [1.165, 1.54) is 28.9 Å². The van der Waals surface area contributed by atoms with Crippen LogP contribution in [-0.2, 0) is 17.5 Å². The third-order valence-corrected chi connectivity index (χ3v) is 5.16. The van der Waals surface area contributed by atoms with Crippen molar-refractivity contribution in [2.45, 2.75) is 38.4 Å². The van der Waals surface area contributed by atoms with E-state index in [-0.39, 0.29) is 5.69 Å². The molecule has 0 aliphatic carbocycles. The minimum atomic E-state index is -4.52. The summed E-state index contributed by atoms with van der Waals surface area (Å²) in [4.78, 5) is 31.5. The second kappa shape index (κ2) is 8.40. The van der Waals surface area contributed by atoms with Gasteiger partial charge < -0.3 is 10.2 Å². The highest BCUT2D eigenvalue weighted by atomic mass is 19.4. The first-order chi connectivity index (χ1) is 14.8. The number of hydrogen-bond acceptors (Lipinski definition) is 5. The highest BCUT2D eigenvalue weighted by molar-refractivity contribution is 5.90. The van der Waals surface area contributed by atoms with Crippen LogP contribution in [0, 0.1) is 0 Å². The Kier molecular flexibility index (Phi) is 5.66. The normalized spacial score (nSPS) is 15.1. The first-order valence-corrected chi connectivity index (χ1v) is 9.99. The minimum absolute atomic E-state index is 0.0106. The van der Waals surface area contributed by atoms with Crippen LogP contribution in [-0.4, -0.2) is 38.2 Å². The lowest BCUT2D eigenvalue weighted by Crippen LogP contribution is -2.28. The summed E-state index contributed by atoms with van der Waals surface area (Å²) in [5, 5.41) is 6.67. The molecule has 3 aromatic rings. The maximum absolute atomic E-state index is 12.9. The van der Waals surface area contributed by atoms with E-state index in [1.807, 2.05) is 0 Å². The van der Waals surface area contributed by atoms with Crippen molar-refractivity contribution in [3.8, 4) is 0 Å². The molecule has 3 heterocycles. The Hall–Kier alpha value is -3.37. The van der Waals surface area contributed by atoms with Crippen molar-refractivity contribution in [3.63, 3.8) is 0 Å². The van der Waals surface area contributed by atoms with E-state index in [1.54, 1.807) is 0 Å². The SMILES string of the molecule is O=C(Cn1nc2c(N3CCCCCC3)nccn2c1=O)Nc1cccc(C(F)(F)F)c1. The third kappa shape index (κ3) is 4.54. The van der Waals surface area contributed by atoms with Gasteiger partial charge in [-0.2, -0.15) is 13.2 Å². The number of nitrogens with one attached hydrogen (secondary N) is 1. The Morgan fingerprint density at radius 1 is 1.13 bits per heavy atom. The fraction of sp³-hybridized carbons (Fsp3) is 0.400. The number of aromatic nitrogens is 4. The molecule has 1 N–H and O–H groups in total. The smallest absolute Gasteiger partial charge is 0.353 e. The second-order valence-electron chi connectivity index (χ2n) is 7.41. The van der Waals surface area contributed by atoms with Crippen molar-refractivity contribution in [1.29, 1.82) is 0 Å². The van der Waals surface area contributed by atoms with Gasteiger partial charge in [0.25, 0.3) is 0 Å². The molecule has 1 fully saturated rings. The van der Waals surface area contributed by atoms with Crippen LogP contribution in [0.15, 0.2) is 41.5 Å². The van der Waals surface area contributed by atoms with Gasteiger partial charge in [0, 0.05) is 31.2 Å². The zero-order valence-electron chi connectivity index (χ0n) is 16.6. The number of anilines is 2. The van der Waals surface area contributed by atoms with Crippen molar-refractivity contribution >= 4 is 23.1 Å².